The van der Waals surface area contributed by atoms with Crippen LogP contribution in [0.25, 0.3) is 0 Å². The van der Waals surface area contributed by atoms with Gasteiger partial charge in [0.2, 0.25) is 0 Å². The van der Waals surface area contributed by atoms with Gasteiger partial charge in [-0.2, -0.15) is 11.8 Å². The van der Waals surface area contributed by atoms with Gasteiger partial charge >= 0.3 is 0 Å². The molecular weight excluding hydrogens is 240 g/mol. The van der Waals surface area contributed by atoms with Crippen LogP contribution in [-0.2, 0) is 0 Å². The summed E-state index contributed by atoms with van der Waals surface area (Å²) in [6.45, 7) is 6.26. The van der Waals surface area contributed by atoms with Crippen LogP contribution in [0, 0.1) is 0 Å². The zero-order valence-corrected chi connectivity index (χ0v) is 13.0. The number of nitrogens with one attached hydrogen (secondary N) is 1. The third kappa shape index (κ3) is 3.88. The molecule has 106 valence electrons. The highest BCUT2D eigenvalue weighted by molar-refractivity contribution is 8.00. The number of hydrogen-bond donors (Lipinski definition) is 1. The number of hydrogen-bond acceptors (Lipinski definition) is 3. The van der Waals surface area contributed by atoms with Crippen molar-refractivity contribution in [1.29, 1.82) is 0 Å². The van der Waals surface area contributed by atoms with E-state index in [4.69, 9.17) is 0 Å². The van der Waals surface area contributed by atoms with Crippen molar-refractivity contribution < 1.29 is 0 Å². The summed E-state index contributed by atoms with van der Waals surface area (Å²) in [6.07, 6.45) is 9.76. The molecule has 2 nitrogen and oxygen atoms in total. The molecule has 1 heterocycles. The number of rotatable bonds is 5. The lowest BCUT2D eigenvalue weighted by Gasteiger charge is -2.40. The van der Waals surface area contributed by atoms with Crippen LogP contribution in [0.1, 0.15) is 51.9 Å². The third-order valence-corrected chi connectivity index (χ3v) is 6.30. The number of nitrogens with zero attached hydrogens (tertiary/aromatic N) is 1. The van der Waals surface area contributed by atoms with Gasteiger partial charge in [0.15, 0.2) is 0 Å². The maximum atomic E-state index is 3.65. The Kier molecular flexibility index (Phi) is 5.84. The maximum Gasteiger partial charge on any atom is 0.0190 e. The van der Waals surface area contributed by atoms with E-state index in [2.05, 4.69) is 35.9 Å². The van der Waals surface area contributed by atoms with Gasteiger partial charge in [-0.1, -0.05) is 26.2 Å². The van der Waals surface area contributed by atoms with E-state index in [0.29, 0.717) is 5.54 Å². The van der Waals surface area contributed by atoms with E-state index in [-0.39, 0.29) is 0 Å². The fourth-order valence-corrected chi connectivity index (χ4v) is 4.71. The molecule has 0 aromatic carbocycles. The topological polar surface area (TPSA) is 15.3 Å². The summed E-state index contributed by atoms with van der Waals surface area (Å²) in [7, 11) is 2.17. The van der Waals surface area contributed by atoms with Crippen molar-refractivity contribution in [3.63, 3.8) is 0 Å². The minimum Gasteiger partial charge on any atom is -0.314 e. The summed E-state index contributed by atoms with van der Waals surface area (Å²) in [6, 6.07) is 0. The van der Waals surface area contributed by atoms with Crippen LogP contribution in [0.5, 0.6) is 0 Å². The highest BCUT2D eigenvalue weighted by Crippen LogP contribution is 2.31. The Morgan fingerprint density at radius 2 is 2.06 bits per heavy atom. The zero-order valence-electron chi connectivity index (χ0n) is 12.2. The average Bonchev–Trinajstić information content (AvgIpc) is 2.46. The van der Waals surface area contributed by atoms with Gasteiger partial charge in [-0.3, -0.25) is 0 Å². The first-order valence-electron chi connectivity index (χ1n) is 7.81. The summed E-state index contributed by atoms with van der Waals surface area (Å²) in [5.74, 6) is 1.34. The zero-order chi connectivity index (χ0) is 12.8. The van der Waals surface area contributed by atoms with Crippen LogP contribution in [0.2, 0.25) is 0 Å². The second-order valence-electron chi connectivity index (χ2n) is 6.04. The minimum atomic E-state index is 0.463. The van der Waals surface area contributed by atoms with Crippen LogP contribution < -0.4 is 5.32 Å². The van der Waals surface area contributed by atoms with Crippen LogP contribution in [0.15, 0.2) is 0 Å². The van der Waals surface area contributed by atoms with Gasteiger partial charge in [0.25, 0.3) is 0 Å². The summed E-state index contributed by atoms with van der Waals surface area (Å²) >= 11 is 2.18. The van der Waals surface area contributed by atoms with Gasteiger partial charge in [-0.25, -0.2) is 0 Å². The first-order chi connectivity index (χ1) is 8.78. The highest BCUT2D eigenvalue weighted by Gasteiger charge is 2.31. The molecule has 2 rings (SSSR count). The Balaban J connectivity index is 1.78. The van der Waals surface area contributed by atoms with Crippen molar-refractivity contribution in [2.75, 3.05) is 32.4 Å². The van der Waals surface area contributed by atoms with Crippen LogP contribution in [0.4, 0.5) is 0 Å². The normalized spacial score (nSPS) is 29.3. The second kappa shape index (κ2) is 7.16. The Morgan fingerprint density at radius 1 is 1.28 bits per heavy atom. The summed E-state index contributed by atoms with van der Waals surface area (Å²) < 4.78 is 0. The molecule has 0 amide bonds. The molecule has 18 heavy (non-hydrogen) atoms. The monoisotopic (exact) mass is 270 g/mol. The highest BCUT2D eigenvalue weighted by atomic mass is 32.2. The first kappa shape index (κ1) is 14.7. The van der Waals surface area contributed by atoms with E-state index in [1.54, 1.807) is 0 Å². The predicted octanol–water partition coefficient (Wildman–Crippen LogP) is 3.13. The van der Waals surface area contributed by atoms with E-state index < -0.39 is 0 Å². The largest absolute Gasteiger partial charge is 0.314 e. The van der Waals surface area contributed by atoms with Crippen molar-refractivity contribution in [3.8, 4) is 0 Å². The molecule has 1 aliphatic carbocycles. The van der Waals surface area contributed by atoms with Crippen molar-refractivity contribution in [2.24, 2.45) is 0 Å². The van der Waals surface area contributed by atoms with Crippen molar-refractivity contribution >= 4 is 11.8 Å². The Bertz CT molecular complexity index is 239. The Morgan fingerprint density at radius 3 is 2.72 bits per heavy atom. The predicted molar refractivity (Wildman–Crippen MR) is 82.5 cm³/mol. The summed E-state index contributed by atoms with van der Waals surface area (Å²) in [4.78, 5) is 2.71. The fourth-order valence-electron chi connectivity index (χ4n) is 3.46. The smallest absolute Gasteiger partial charge is 0.0190 e. The van der Waals surface area contributed by atoms with Gasteiger partial charge in [0.1, 0.15) is 0 Å². The van der Waals surface area contributed by atoms with E-state index in [0.717, 1.165) is 5.25 Å². The van der Waals surface area contributed by atoms with Crippen LogP contribution >= 0.6 is 11.8 Å². The quantitative estimate of drug-likeness (QED) is 0.826. The molecule has 1 aliphatic heterocycles. The Hall–Kier alpha value is 0.270. The molecule has 2 fully saturated rings. The second-order valence-corrected chi connectivity index (χ2v) is 7.45. The SMILES string of the molecule is CCC1CN(CCC2(NC)CCCCC2)CCS1. The molecule has 0 bridgehead atoms. The van der Waals surface area contributed by atoms with Crippen molar-refractivity contribution in [1.82, 2.24) is 10.2 Å². The van der Waals surface area contributed by atoms with Gasteiger partial charge < -0.3 is 10.2 Å². The minimum absolute atomic E-state index is 0.463. The van der Waals surface area contributed by atoms with E-state index >= 15 is 0 Å². The van der Waals surface area contributed by atoms with E-state index in [1.165, 1.54) is 70.3 Å². The fraction of sp³-hybridized carbons (Fsp3) is 1.00. The molecule has 0 aromatic heterocycles. The summed E-state index contributed by atoms with van der Waals surface area (Å²) in [5, 5.41) is 4.54. The van der Waals surface area contributed by atoms with Crippen LogP contribution in [0.3, 0.4) is 0 Å². The van der Waals surface area contributed by atoms with Crippen molar-refractivity contribution in [3.05, 3.63) is 0 Å². The number of thioether (sulfide) groups is 1. The molecule has 0 aromatic rings. The molecule has 1 saturated heterocycles. The standard InChI is InChI=1S/C15H30N2S/c1-3-14-13-17(11-12-18-14)10-9-15(16-2)7-5-4-6-8-15/h14,16H,3-13H2,1-2H3. The lowest BCUT2D eigenvalue weighted by atomic mass is 9.79. The Labute approximate surface area is 117 Å². The molecule has 3 heteroatoms. The van der Waals surface area contributed by atoms with Crippen LogP contribution in [-0.4, -0.2) is 48.1 Å². The lowest BCUT2D eigenvalue weighted by Crippen LogP contribution is -2.48. The summed E-state index contributed by atoms with van der Waals surface area (Å²) in [5.41, 5.74) is 0.463. The van der Waals surface area contributed by atoms with Gasteiger partial charge in [0.05, 0.1) is 0 Å². The third-order valence-electron chi connectivity index (χ3n) is 4.93. The van der Waals surface area contributed by atoms with E-state index in [1.807, 2.05) is 0 Å². The molecule has 0 radical (unpaired) electrons. The van der Waals surface area contributed by atoms with E-state index in [9.17, 15) is 0 Å². The van der Waals surface area contributed by atoms with Gasteiger partial charge in [-0.15, -0.1) is 0 Å². The first-order valence-corrected chi connectivity index (χ1v) is 8.86. The van der Waals surface area contributed by atoms with Gasteiger partial charge in [0, 0.05) is 29.6 Å². The van der Waals surface area contributed by atoms with Gasteiger partial charge in [-0.05, 0) is 39.3 Å². The maximum absolute atomic E-state index is 3.65. The molecule has 1 unspecified atom stereocenters. The molecule has 1 N–H and O–H groups in total. The lowest BCUT2D eigenvalue weighted by molar-refractivity contribution is 0.184. The van der Waals surface area contributed by atoms with Crippen molar-refractivity contribution in [2.45, 2.75) is 62.7 Å². The molecular formula is C15H30N2S. The molecule has 0 spiro atoms. The molecule has 1 atom stereocenters. The molecule has 2 aliphatic rings. The molecule has 1 saturated carbocycles. The average molecular weight is 270 g/mol.